The molecule has 1 aliphatic heterocycles. The minimum atomic E-state index is -1.37. The molecule has 1 fully saturated rings. The second kappa shape index (κ2) is 9.60. The molecule has 0 bridgehead atoms. The summed E-state index contributed by atoms with van der Waals surface area (Å²) >= 11 is 6.37. The van der Waals surface area contributed by atoms with E-state index < -0.39 is 36.5 Å². The minimum Gasteiger partial charge on any atom is -0.491 e. The molecular formula is C22H26ClFO6. The third-order valence-corrected chi connectivity index (χ3v) is 5.65. The Morgan fingerprint density at radius 1 is 1.23 bits per heavy atom. The standard InChI is InChI=1S/C22H26ClFO6/c1-3-29-19-7-4-13(9-17(19)24)8-14-10-15(5-6-16(14)23)22(28-2)11-18(26)21(27)20(12-25)30-22/h4-7,9-10,18,20-21,25-27H,3,8,11-12H2,1-2H3/t18?,20?,21-,22+/m0/s1. The van der Waals surface area contributed by atoms with E-state index in [9.17, 15) is 19.7 Å². The molecule has 6 nitrogen and oxygen atoms in total. The van der Waals surface area contributed by atoms with Crippen LogP contribution in [0, 0.1) is 5.82 Å². The second-order valence-electron chi connectivity index (χ2n) is 7.24. The zero-order valence-electron chi connectivity index (χ0n) is 16.8. The molecule has 0 aromatic heterocycles. The molecule has 2 aromatic carbocycles. The van der Waals surface area contributed by atoms with Gasteiger partial charge in [0.25, 0.3) is 0 Å². The lowest BCUT2D eigenvalue weighted by Gasteiger charge is -2.44. The minimum absolute atomic E-state index is 0.0279. The lowest BCUT2D eigenvalue weighted by atomic mass is 9.89. The van der Waals surface area contributed by atoms with Crippen molar-refractivity contribution in [3.8, 4) is 5.75 Å². The molecule has 30 heavy (non-hydrogen) atoms. The van der Waals surface area contributed by atoms with Gasteiger partial charge < -0.3 is 29.5 Å². The van der Waals surface area contributed by atoms with E-state index in [0.29, 0.717) is 34.7 Å². The summed E-state index contributed by atoms with van der Waals surface area (Å²) in [6.45, 7) is 1.68. The number of hydrogen-bond donors (Lipinski definition) is 3. The number of benzene rings is 2. The first-order chi connectivity index (χ1) is 14.3. The van der Waals surface area contributed by atoms with Crippen LogP contribution in [0.4, 0.5) is 4.39 Å². The molecule has 0 radical (unpaired) electrons. The van der Waals surface area contributed by atoms with Crippen LogP contribution >= 0.6 is 11.6 Å². The molecule has 2 unspecified atom stereocenters. The Bertz CT molecular complexity index is 879. The third kappa shape index (κ3) is 4.61. The number of rotatable bonds is 7. The van der Waals surface area contributed by atoms with E-state index in [1.165, 1.54) is 13.2 Å². The Morgan fingerprint density at radius 3 is 2.63 bits per heavy atom. The van der Waals surface area contributed by atoms with Crippen LogP contribution in [0.5, 0.6) is 5.75 Å². The van der Waals surface area contributed by atoms with Crippen LogP contribution in [-0.4, -0.2) is 54.0 Å². The van der Waals surface area contributed by atoms with Gasteiger partial charge in [0.15, 0.2) is 17.4 Å². The van der Waals surface area contributed by atoms with Crippen molar-refractivity contribution in [2.45, 2.75) is 43.9 Å². The van der Waals surface area contributed by atoms with Gasteiger partial charge in [-0.2, -0.15) is 0 Å². The first kappa shape index (κ1) is 22.9. The van der Waals surface area contributed by atoms with Crippen LogP contribution in [0.15, 0.2) is 36.4 Å². The van der Waals surface area contributed by atoms with E-state index in [2.05, 4.69) is 0 Å². The summed E-state index contributed by atoms with van der Waals surface area (Å²) in [6, 6.07) is 9.89. The number of aliphatic hydroxyl groups excluding tert-OH is 3. The molecule has 164 valence electrons. The summed E-state index contributed by atoms with van der Waals surface area (Å²) in [7, 11) is 1.43. The van der Waals surface area contributed by atoms with Crippen LogP contribution in [-0.2, 0) is 21.7 Å². The normalized spacial score (nSPS) is 26.6. The van der Waals surface area contributed by atoms with E-state index in [-0.39, 0.29) is 12.2 Å². The molecule has 3 rings (SSSR count). The number of methoxy groups -OCH3 is 1. The third-order valence-electron chi connectivity index (χ3n) is 5.28. The molecule has 4 atom stereocenters. The molecule has 0 saturated carbocycles. The number of hydrogen-bond acceptors (Lipinski definition) is 6. The SMILES string of the molecule is CCOc1ccc(Cc2cc([C@@]3(OC)CC(O)[C@H](O)C(CO)O3)ccc2Cl)cc1F. The molecular weight excluding hydrogens is 415 g/mol. The van der Waals surface area contributed by atoms with Crippen LogP contribution in [0.1, 0.15) is 30.0 Å². The Hall–Kier alpha value is -1.74. The molecule has 0 amide bonds. The lowest BCUT2D eigenvalue weighted by molar-refractivity contribution is -0.323. The van der Waals surface area contributed by atoms with Crippen LogP contribution in [0.3, 0.4) is 0 Å². The number of halogens is 2. The average Bonchev–Trinajstić information content (AvgIpc) is 2.73. The molecule has 1 saturated heterocycles. The van der Waals surface area contributed by atoms with Gasteiger partial charge in [-0.05, 0) is 48.7 Å². The van der Waals surface area contributed by atoms with Crippen molar-refractivity contribution in [2.24, 2.45) is 0 Å². The van der Waals surface area contributed by atoms with Gasteiger partial charge in [-0.3, -0.25) is 0 Å². The summed E-state index contributed by atoms with van der Waals surface area (Å²) in [5.41, 5.74) is 1.98. The van der Waals surface area contributed by atoms with Crippen molar-refractivity contribution < 1.29 is 33.9 Å². The zero-order valence-corrected chi connectivity index (χ0v) is 17.6. The number of aliphatic hydroxyl groups is 3. The summed E-state index contributed by atoms with van der Waals surface area (Å²) in [4.78, 5) is 0. The van der Waals surface area contributed by atoms with Gasteiger partial charge in [0.1, 0.15) is 12.2 Å². The average molecular weight is 441 g/mol. The van der Waals surface area contributed by atoms with Crippen molar-refractivity contribution in [3.05, 3.63) is 63.9 Å². The summed E-state index contributed by atoms with van der Waals surface area (Å²) in [5.74, 6) is -1.62. The van der Waals surface area contributed by atoms with Gasteiger partial charge in [0.05, 0.1) is 19.3 Å². The monoisotopic (exact) mass is 440 g/mol. The molecule has 2 aromatic rings. The van der Waals surface area contributed by atoms with E-state index >= 15 is 0 Å². The number of ether oxygens (including phenoxy) is 3. The van der Waals surface area contributed by atoms with Crippen LogP contribution in [0.25, 0.3) is 0 Å². The quantitative estimate of drug-likeness (QED) is 0.613. The topological polar surface area (TPSA) is 88.4 Å². The molecule has 0 spiro atoms. The molecule has 1 heterocycles. The fraction of sp³-hybridized carbons (Fsp3) is 0.455. The Kier molecular flexibility index (Phi) is 7.34. The largest absolute Gasteiger partial charge is 0.491 e. The van der Waals surface area contributed by atoms with Gasteiger partial charge in [0, 0.05) is 24.1 Å². The smallest absolute Gasteiger partial charge is 0.197 e. The predicted octanol–water partition coefficient (Wildman–Crippen LogP) is 2.77. The van der Waals surface area contributed by atoms with Crippen LogP contribution in [0.2, 0.25) is 5.02 Å². The summed E-state index contributed by atoms with van der Waals surface area (Å²) in [6.07, 6.45) is -3.05. The maximum Gasteiger partial charge on any atom is 0.197 e. The first-order valence-corrected chi connectivity index (χ1v) is 10.1. The fourth-order valence-electron chi connectivity index (χ4n) is 3.68. The second-order valence-corrected chi connectivity index (χ2v) is 7.65. The van der Waals surface area contributed by atoms with Crippen molar-refractivity contribution in [1.29, 1.82) is 0 Å². The zero-order chi connectivity index (χ0) is 21.9. The van der Waals surface area contributed by atoms with Gasteiger partial charge in [0.2, 0.25) is 0 Å². The molecule has 8 heteroatoms. The van der Waals surface area contributed by atoms with E-state index in [1.54, 1.807) is 37.3 Å². The Balaban J connectivity index is 1.91. The van der Waals surface area contributed by atoms with Crippen molar-refractivity contribution in [1.82, 2.24) is 0 Å². The van der Waals surface area contributed by atoms with Crippen LogP contribution < -0.4 is 4.74 Å². The first-order valence-electron chi connectivity index (χ1n) is 9.73. The lowest BCUT2D eigenvalue weighted by Crippen LogP contribution is -2.55. The molecule has 3 N–H and O–H groups in total. The van der Waals surface area contributed by atoms with Crippen molar-refractivity contribution in [3.63, 3.8) is 0 Å². The highest BCUT2D eigenvalue weighted by molar-refractivity contribution is 6.31. The van der Waals surface area contributed by atoms with Crippen molar-refractivity contribution in [2.75, 3.05) is 20.3 Å². The van der Waals surface area contributed by atoms with Crippen molar-refractivity contribution >= 4 is 11.6 Å². The molecule has 0 aliphatic carbocycles. The van der Waals surface area contributed by atoms with E-state index in [1.807, 2.05) is 0 Å². The maximum atomic E-state index is 14.2. The maximum absolute atomic E-state index is 14.2. The van der Waals surface area contributed by atoms with Gasteiger partial charge in [-0.15, -0.1) is 0 Å². The van der Waals surface area contributed by atoms with E-state index in [4.69, 9.17) is 25.8 Å². The Labute approximate surface area is 179 Å². The van der Waals surface area contributed by atoms with Gasteiger partial charge in [-0.1, -0.05) is 23.7 Å². The fourth-order valence-corrected chi connectivity index (χ4v) is 3.86. The van der Waals surface area contributed by atoms with Gasteiger partial charge >= 0.3 is 0 Å². The highest BCUT2D eigenvalue weighted by Crippen LogP contribution is 2.40. The highest BCUT2D eigenvalue weighted by Gasteiger charge is 2.47. The van der Waals surface area contributed by atoms with E-state index in [0.717, 1.165) is 0 Å². The Morgan fingerprint density at radius 2 is 2.00 bits per heavy atom. The van der Waals surface area contributed by atoms with Gasteiger partial charge in [-0.25, -0.2) is 4.39 Å². The summed E-state index contributed by atoms with van der Waals surface area (Å²) < 4.78 is 30.9. The highest BCUT2D eigenvalue weighted by atomic mass is 35.5. The summed E-state index contributed by atoms with van der Waals surface area (Å²) in [5, 5.41) is 30.3. The predicted molar refractivity (Wildman–Crippen MR) is 109 cm³/mol. The molecule has 1 aliphatic rings.